The molecule has 34 heavy (non-hydrogen) atoms. The van der Waals surface area contributed by atoms with Crippen LogP contribution in [0.4, 0.5) is 18.9 Å². The molecular weight excluding hydrogens is 465 g/mol. The molecule has 0 aliphatic carbocycles. The molecule has 2 aromatic carbocycles. The fourth-order valence-corrected chi connectivity index (χ4v) is 3.88. The van der Waals surface area contributed by atoms with Crippen molar-refractivity contribution < 1.29 is 22.8 Å². The van der Waals surface area contributed by atoms with Gasteiger partial charge in [0.1, 0.15) is 11.6 Å². The van der Waals surface area contributed by atoms with Gasteiger partial charge >= 0.3 is 6.18 Å². The Labute approximate surface area is 197 Å². The van der Waals surface area contributed by atoms with Crippen molar-refractivity contribution >= 4 is 22.9 Å². The predicted octanol–water partition coefficient (Wildman–Crippen LogP) is 5.70. The molecule has 174 valence electrons. The number of nitrogens with one attached hydrogen (secondary N) is 2. The molecule has 4 aromatic rings. The Morgan fingerprint density at radius 3 is 2.47 bits per heavy atom. The first kappa shape index (κ1) is 23.4. The average molecular weight is 485 g/mol. The second-order valence-electron chi connectivity index (χ2n) is 7.19. The molecule has 2 N–H and O–H groups in total. The third-order valence-corrected chi connectivity index (χ3v) is 5.74. The summed E-state index contributed by atoms with van der Waals surface area (Å²) in [6.45, 7) is 0.536. The number of alkyl halides is 3. The average Bonchev–Trinajstić information content (AvgIpc) is 3.32. The van der Waals surface area contributed by atoms with Crippen LogP contribution < -0.4 is 10.8 Å². The molecule has 0 bridgehead atoms. The zero-order valence-electron chi connectivity index (χ0n) is 17.7. The highest BCUT2D eigenvalue weighted by molar-refractivity contribution is 7.13. The van der Waals surface area contributed by atoms with Crippen LogP contribution in [0.3, 0.4) is 0 Å². The largest absolute Gasteiger partial charge is 0.416 e. The van der Waals surface area contributed by atoms with E-state index >= 15 is 0 Å². The van der Waals surface area contributed by atoms with Gasteiger partial charge in [0.25, 0.3) is 5.91 Å². The first-order chi connectivity index (χ1) is 16.4. The van der Waals surface area contributed by atoms with Gasteiger partial charge in [0.05, 0.1) is 16.8 Å². The number of pyridine rings is 1. The Bertz CT molecular complexity index is 1250. The minimum Gasteiger partial charge on any atom is -0.380 e. The number of amides is 1. The summed E-state index contributed by atoms with van der Waals surface area (Å²) < 4.78 is 38.2. The van der Waals surface area contributed by atoms with Crippen LogP contribution in [0.15, 0.2) is 78.4 Å². The van der Waals surface area contributed by atoms with E-state index in [0.29, 0.717) is 34.1 Å². The number of hydroxylamine groups is 1. The lowest BCUT2D eigenvalue weighted by atomic mass is 10.1. The Hall–Kier alpha value is -3.76. The lowest BCUT2D eigenvalue weighted by Crippen LogP contribution is -2.24. The van der Waals surface area contributed by atoms with Crippen LogP contribution in [0.1, 0.15) is 27.2 Å². The molecule has 0 radical (unpaired) electrons. The van der Waals surface area contributed by atoms with Crippen LogP contribution in [-0.4, -0.2) is 15.9 Å². The first-order valence-corrected chi connectivity index (χ1v) is 11.0. The van der Waals surface area contributed by atoms with Gasteiger partial charge in [0, 0.05) is 35.6 Å². The Morgan fingerprint density at radius 1 is 1.00 bits per heavy atom. The molecule has 0 saturated carbocycles. The number of anilines is 1. The quantitative estimate of drug-likeness (QED) is 0.314. The van der Waals surface area contributed by atoms with Gasteiger partial charge < -0.3 is 5.32 Å². The molecule has 0 saturated heterocycles. The van der Waals surface area contributed by atoms with Crippen molar-refractivity contribution in [3.8, 4) is 10.6 Å². The third kappa shape index (κ3) is 5.97. The van der Waals surface area contributed by atoms with Crippen LogP contribution in [0.25, 0.3) is 10.6 Å². The summed E-state index contributed by atoms with van der Waals surface area (Å²) in [6, 6.07) is 15.6. The topological polar surface area (TPSA) is 76.1 Å². The minimum atomic E-state index is -4.38. The smallest absolute Gasteiger partial charge is 0.380 e. The van der Waals surface area contributed by atoms with E-state index in [0.717, 1.165) is 17.7 Å². The second kappa shape index (κ2) is 10.4. The molecule has 0 aliphatic heterocycles. The fraction of sp³-hybridized carbons (Fsp3) is 0.125. The number of hydrogen-bond donors (Lipinski definition) is 2. The number of carbonyl (C=O) groups excluding carboxylic acids is 1. The Morgan fingerprint density at radius 2 is 1.74 bits per heavy atom. The van der Waals surface area contributed by atoms with Crippen molar-refractivity contribution in [1.29, 1.82) is 0 Å². The molecule has 6 nitrogen and oxygen atoms in total. The molecule has 2 aromatic heterocycles. The Balaban J connectivity index is 1.32. The summed E-state index contributed by atoms with van der Waals surface area (Å²) in [5.41, 5.74) is 4.90. The summed E-state index contributed by atoms with van der Waals surface area (Å²) in [6.07, 6.45) is -0.985. The van der Waals surface area contributed by atoms with Gasteiger partial charge in [-0.05, 0) is 42.0 Å². The maximum Gasteiger partial charge on any atom is 0.416 e. The molecule has 0 fully saturated rings. The van der Waals surface area contributed by atoms with E-state index in [1.807, 2.05) is 18.2 Å². The van der Waals surface area contributed by atoms with Crippen molar-refractivity contribution in [3.63, 3.8) is 0 Å². The normalized spacial score (nSPS) is 11.3. The van der Waals surface area contributed by atoms with Crippen molar-refractivity contribution in [2.24, 2.45) is 0 Å². The van der Waals surface area contributed by atoms with Gasteiger partial charge in [-0.25, -0.2) is 10.5 Å². The van der Waals surface area contributed by atoms with Gasteiger partial charge in [-0.1, -0.05) is 24.3 Å². The van der Waals surface area contributed by atoms with Gasteiger partial charge in [0.15, 0.2) is 0 Å². The van der Waals surface area contributed by atoms with Crippen molar-refractivity contribution in [1.82, 2.24) is 15.4 Å². The first-order valence-electron chi connectivity index (χ1n) is 10.2. The van der Waals surface area contributed by atoms with E-state index in [1.165, 1.54) is 23.5 Å². The highest BCUT2D eigenvalue weighted by atomic mass is 32.1. The van der Waals surface area contributed by atoms with Crippen LogP contribution >= 0.6 is 11.3 Å². The molecule has 4 rings (SSSR count). The fourth-order valence-electron chi connectivity index (χ4n) is 3.07. The highest BCUT2D eigenvalue weighted by Gasteiger charge is 2.30. The van der Waals surface area contributed by atoms with Gasteiger partial charge in [0.2, 0.25) is 0 Å². The zero-order valence-corrected chi connectivity index (χ0v) is 18.5. The van der Waals surface area contributed by atoms with E-state index in [2.05, 4.69) is 20.8 Å². The van der Waals surface area contributed by atoms with Crippen LogP contribution in [0.2, 0.25) is 0 Å². The molecule has 2 heterocycles. The van der Waals surface area contributed by atoms with E-state index < -0.39 is 17.6 Å². The zero-order chi connectivity index (χ0) is 24.0. The monoisotopic (exact) mass is 484 g/mol. The number of halogens is 3. The second-order valence-corrected chi connectivity index (χ2v) is 8.05. The number of para-hydroxylation sites is 1. The molecule has 0 spiro atoms. The number of nitrogens with zero attached hydrogens (tertiary/aromatic N) is 2. The predicted molar refractivity (Wildman–Crippen MR) is 123 cm³/mol. The van der Waals surface area contributed by atoms with E-state index in [4.69, 9.17) is 4.84 Å². The van der Waals surface area contributed by atoms with Gasteiger partial charge in [-0.15, -0.1) is 11.3 Å². The summed E-state index contributed by atoms with van der Waals surface area (Å²) in [5.74, 6) is -0.420. The minimum absolute atomic E-state index is 0.00941. The van der Waals surface area contributed by atoms with Crippen molar-refractivity contribution in [2.45, 2.75) is 19.3 Å². The molecular formula is C24H19F3N4O2S. The summed E-state index contributed by atoms with van der Waals surface area (Å²) >= 11 is 1.28. The molecule has 10 heteroatoms. The molecule has 0 unspecified atom stereocenters. The van der Waals surface area contributed by atoms with Crippen LogP contribution in [-0.2, 0) is 24.2 Å². The SMILES string of the molecule is O=C(NOCc1csc(-c2ccc(C(F)(F)F)cc2)n1)c1ccccc1NCc1ccncc1. The lowest BCUT2D eigenvalue weighted by Gasteiger charge is -2.12. The number of hydrogen-bond acceptors (Lipinski definition) is 6. The van der Waals surface area contributed by atoms with E-state index in [9.17, 15) is 18.0 Å². The highest BCUT2D eigenvalue weighted by Crippen LogP contribution is 2.31. The van der Waals surface area contributed by atoms with Gasteiger partial charge in [-0.2, -0.15) is 13.2 Å². The van der Waals surface area contributed by atoms with E-state index in [1.54, 1.807) is 36.0 Å². The summed E-state index contributed by atoms with van der Waals surface area (Å²) in [7, 11) is 0. The number of carbonyl (C=O) groups is 1. The van der Waals surface area contributed by atoms with Gasteiger partial charge in [-0.3, -0.25) is 14.6 Å². The van der Waals surface area contributed by atoms with Crippen LogP contribution in [0.5, 0.6) is 0 Å². The third-order valence-electron chi connectivity index (χ3n) is 4.80. The van der Waals surface area contributed by atoms with E-state index in [-0.39, 0.29) is 6.61 Å². The van der Waals surface area contributed by atoms with Crippen molar-refractivity contribution in [2.75, 3.05) is 5.32 Å². The molecule has 0 atom stereocenters. The number of rotatable bonds is 8. The van der Waals surface area contributed by atoms with Crippen LogP contribution in [0, 0.1) is 0 Å². The maximum absolute atomic E-state index is 12.7. The maximum atomic E-state index is 12.7. The standard InChI is InChI=1S/C24H19F3N4O2S/c25-24(26,27)18-7-5-17(6-8-18)23-30-19(15-34-23)14-33-31-22(32)20-3-1-2-4-21(20)29-13-16-9-11-28-12-10-16/h1-12,15,29H,13-14H2,(H,31,32). The Kier molecular flexibility index (Phi) is 7.19. The van der Waals surface area contributed by atoms with Crippen molar-refractivity contribution in [3.05, 3.63) is 101 Å². The number of aromatic nitrogens is 2. The molecule has 0 aliphatic rings. The lowest BCUT2D eigenvalue weighted by molar-refractivity contribution is -0.137. The number of thiazole rings is 1. The molecule has 1 amide bonds. The summed E-state index contributed by atoms with van der Waals surface area (Å²) in [5, 5.41) is 5.51. The summed E-state index contributed by atoms with van der Waals surface area (Å²) in [4.78, 5) is 26.3. The number of benzene rings is 2.